The van der Waals surface area contributed by atoms with E-state index in [2.05, 4.69) is 10.2 Å². The standard InChI is InChI=1S/C14H16N4O3S/c1-18(2)12-6-4-11(5-7-12)16-17-13-8-3-10(15)9-14(13)22(19,20)21/h3-9H,15H2,1-2H3,(H,19,20,21). The second kappa shape index (κ2) is 6.12. The van der Waals surface area contributed by atoms with E-state index < -0.39 is 10.1 Å². The Labute approximate surface area is 128 Å². The number of benzene rings is 2. The molecule has 116 valence electrons. The van der Waals surface area contributed by atoms with Gasteiger partial charge in [-0.25, -0.2) is 0 Å². The van der Waals surface area contributed by atoms with Crippen molar-refractivity contribution in [2.24, 2.45) is 10.2 Å². The molecule has 2 aromatic rings. The third-order valence-electron chi connectivity index (χ3n) is 2.90. The van der Waals surface area contributed by atoms with Crippen molar-refractivity contribution in [2.75, 3.05) is 24.7 Å². The summed E-state index contributed by atoms with van der Waals surface area (Å²) in [4.78, 5) is 1.57. The van der Waals surface area contributed by atoms with Gasteiger partial charge in [0.2, 0.25) is 0 Å². The first-order valence-corrected chi connectivity index (χ1v) is 7.77. The lowest BCUT2D eigenvalue weighted by atomic mass is 10.3. The molecule has 0 unspecified atom stereocenters. The van der Waals surface area contributed by atoms with Gasteiger partial charge in [-0.05, 0) is 42.5 Å². The Kier molecular flexibility index (Phi) is 4.43. The minimum Gasteiger partial charge on any atom is -0.399 e. The molecule has 0 aliphatic rings. The number of hydrogen-bond acceptors (Lipinski definition) is 6. The van der Waals surface area contributed by atoms with Gasteiger partial charge in [0.1, 0.15) is 10.6 Å². The molecule has 7 nitrogen and oxygen atoms in total. The van der Waals surface area contributed by atoms with Crippen LogP contribution in [0.1, 0.15) is 0 Å². The normalized spacial score (nSPS) is 11.8. The van der Waals surface area contributed by atoms with Crippen LogP contribution < -0.4 is 10.6 Å². The first-order chi connectivity index (χ1) is 10.3. The summed E-state index contributed by atoms with van der Waals surface area (Å²) >= 11 is 0. The highest BCUT2D eigenvalue weighted by Gasteiger charge is 2.15. The molecule has 3 N–H and O–H groups in total. The lowest BCUT2D eigenvalue weighted by Gasteiger charge is -2.11. The van der Waals surface area contributed by atoms with E-state index in [1.165, 1.54) is 12.1 Å². The van der Waals surface area contributed by atoms with Crippen LogP contribution in [-0.2, 0) is 10.1 Å². The van der Waals surface area contributed by atoms with E-state index in [4.69, 9.17) is 5.73 Å². The van der Waals surface area contributed by atoms with Gasteiger partial charge >= 0.3 is 0 Å². The third-order valence-corrected chi connectivity index (χ3v) is 3.78. The largest absolute Gasteiger partial charge is 0.399 e. The molecule has 0 saturated heterocycles. The van der Waals surface area contributed by atoms with E-state index in [0.29, 0.717) is 5.69 Å². The van der Waals surface area contributed by atoms with E-state index in [1.807, 2.05) is 31.1 Å². The van der Waals surface area contributed by atoms with E-state index in [-0.39, 0.29) is 16.3 Å². The van der Waals surface area contributed by atoms with Crippen LogP contribution in [0.15, 0.2) is 57.6 Å². The highest BCUT2D eigenvalue weighted by atomic mass is 32.2. The molecular formula is C14H16N4O3S. The van der Waals surface area contributed by atoms with Gasteiger partial charge in [0.05, 0.1) is 5.69 Å². The van der Waals surface area contributed by atoms with E-state index >= 15 is 0 Å². The summed E-state index contributed by atoms with van der Waals surface area (Å²) < 4.78 is 31.9. The highest BCUT2D eigenvalue weighted by Crippen LogP contribution is 2.28. The van der Waals surface area contributed by atoms with Gasteiger partial charge in [-0.2, -0.15) is 13.5 Å². The van der Waals surface area contributed by atoms with Gasteiger partial charge in [-0.1, -0.05) is 0 Å². The van der Waals surface area contributed by atoms with Crippen LogP contribution >= 0.6 is 0 Å². The van der Waals surface area contributed by atoms with E-state index in [0.717, 1.165) is 11.8 Å². The SMILES string of the molecule is CN(C)c1ccc(N=Nc2ccc(N)cc2S(=O)(=O)O)cc1. The summed E-state index contributed by atoms with van der Waals surface area (Å²) in [5.41, 5.74) is 7.32. The van der Waals surface area contributed by atoms with Gasteiger partial charge in [0, 0.05) is 25.5 Å². The van der Waals surface area contributed by atoms with Crippen LogP contribution in [0.3, 0.4) is 0 Å². The monoisotopic (exact) mass is 320 g/mol. The lowest BCUT2D eigenvalue weighted by molar-refractivity contribution is 0.483. The number of nitrogens with two attached hydrogens (primary N) is 1. The summed E-state index contributed by atoms with van der Waals surface area (Å²) in [6.45, 7) is 0. The quantitative estimate of drug-likeness (QED) is 0.511. The minimum atomic E-state index is -4.42. The number of rotatable bonds is 4. The Morgan fingerprint density at radius 3 is 2.23 bits per heavy atom. The summed E-state index contributed by atoms with van der Waals surface area (Å²) in [6, 6.07) is 11.2. The summed E-state index contributed by atoms with van der Waals surface area (Å²) in [6.07, 6.45) is 0. The van der Waals surface area contributed by atoms with Crippen LogP contribution in [0.25, 0.3) is 0 Å². The van der Waals surface area contributed by atoms with E-state index in [1.54, 1.807) is 12.1 Å². The average Bonchev–Trinajstić information content (AvgIpc) is 2.45. The second-order valence-electron chi connectivity index (χ2n) is 4.81. The first-order valence-electron chi connectivity index (χ1n) is 6.33. The molecule has 0 spiro atoms. The van der Waals surface area contributed by atoms with Crippen LogP contribution in [-0.4, -0.2) is 27.1 Å². The molecule has 0 aromatic heterocycles. The fourth-order valence-corrected chi connectivity index (χ4v) is 2.41. The third kappa shape index (κ3) is 3.80. The van der Waals surface area contributed by atoms with Gasteiger partial charge < -0.3 is 10.6 Å². The smallest absolute Gasteiger partial charge is 0.296 e. The molecule has 0 atom stereocenters. The Hall–Kier alpha value is -2.45. The minimum absolute atomic E-state index is 0.0217. The molecule has 2 rings (SSSR count). The number of nitrogens with zero attached hydrogens (tertiary/aromatic N) is 3. The fourth-order valence-electron chi connectivity index (χ4n) is 1.75. The zero-order chi connectivity index (χ0) is 16.3. The molecule has 0 saturated carbocycles. The molecule has 0 radical (unpaired) electrons. The molecule has 8 heteroatoms. The molecule has 2 aromatic carbocycles. The zero-order valence-corrected chi connectivity index (χ0v) is 12.9. The fraction of sp³-hybridized carbons (Fsp3) is 0.143. The Bertz CT molecular complexity index is 799. The van der Waals surface area contributed by atoms with Crippen molar-refractivity contribution in [1.82, 2.24) is 0 Å². The topological polar surface area (TPSA) is 108 Å². The Morgan fingerprint density at radius 2 is 1.68 bits per heavy atom. The number of anilines is 2. The van der Waals surface area contributed by atoms with Gasteiger partial charge in [-0.3, -0.25) is 4.55 Å². The molecule has 0 bridgehead atoms. The lowest BCUT2D eigenvalue weighted by Crippen LogP contribution is -2.07. The molecule has 0 amide bonds. The van der Waals surface area contributed by atoms with Gasteiger partial charge in [-0.15, -0.1) is 5.11 Å². The summed E-state index contributed by atoms with van der Waals surface area (Å²) in [5, 5.41) is 7.85. The van der Waals surface area contributed by atoms with Crippen molar-refractivity contribution in [1.29, 1.82) is 0 Å². The molecular weight excluding hydrogens is 304 g/mol. The highest BCUT2D eigenvalue weighted by molar-refractivity contribution is 7.86. The maximum absolute atomic E-state index is 11.3. The van der Waals surface area contributed by atoms with Crippen LogP contribution in [0.2, 0.25) is 0 Å². The maximum atomic E-state index is 11.3. The van der Waals surface area contributed by atoms with Crippen molar-refractivity contribution in [3.05, 3.63) is 42.5 Å². The molecule has 0 fully saturated rings. The van der Waals surface area contributed by atoms with Crippen LogP contribution in [0, 0.1) is 0 Å². The summed E-state index contributed by atoms with van der Waals surface area (Å²) in [7, 11) is -0.579. The molecule has 0 heterocycles. The number of azo groups is 1. The first kappa shape index (κ1) is 15.9. The predicted octanol–water partition coefficient (Wildman–Crippen LogP) is 3.00. The molecule has 0 aliphatic heterocycles. The second-order valence-corrected chi connectivity index (χ2v) is 6.20. The van der Waals surface area contributed by atoms with Crippen molar-refractivity contribution < 1.29 is 13.0 Å². The Balaban J connectivity index is 2.34. The van der Waals surface area contributed by atoms with Gasteiger partial charge in [0.15, 0.2) is 0 Å². The van der Waals surface area contributed by atoms with Gasteiger partial charge in [0.25, 0.3) is 10.1 Å². The molecule has 0 aliphatic carbocycles. The Morgan fingerprint density at radius 1 is 1.05 bits per heavy atom. The van der Waals surface area contributed by atoms with Crippen molar-refractivity contribution in [3.8, 4) is 0 Å². The van der Waals surface area contributed by atoms with Crippen molar-refractivity contribution >= 4 is 32.9 Å². The van der Waals surface area contributed by atoms with Crippen molar-refractivity contribution in [3.63, 3.8) is 0 Å². The van der Waals surface area contributed by atoms with E-state index in [9.17, 15) is 13.0 Å². The maximum Gasteiger partial charge on any atom is 0.296 e. The number of hydrogen-bond donors (Lipinski definition) is 2. The average molecular weight is 320 g/mol. The molecule has 22 heavy (non-hydrogen) atoms. The van der Waals surface area contributed by atoms with Crippen LogP contribution in [0.4, 0.5) is 22.7 Å². The van der Waals surface area contributed by atoms with Crippen LogP contribution in [0.5, 0.6) is 0 Å². The predicted molar refractivity (Wildman–Crippen MR) is 85.6 cm³/mol. The zero-order valence-electron chi connectivity index (χ0n) is 12.1. The van der Waals surface area contributed by atoms with Crippen molar-refractivity contribution in [2.45, 2.75) is 4.90 Å². The number of nitrogen functional groups attached to an aromatic ring is 1. The summed E-state index contributed by atoms with van der Waals surface area (Å²) in [5.74, 6) is 0.